The first kappa shape index (κ1) is 17.1. The molecule has 1 atom stereocenters. The summed E-state index contributed by atoms with van der Waals surface area (Å²) >= 11 is 0. The number of aliphatic imine (C=N–C) groups is 1. The zero-order chi connectivity index (χ0) is 16.8. The van der Waals surface area contributed by atoms with Gasteiger partial charge in [0.1, 0.15) is 5.75 Å². The van der Waals surface area contributed by atoms with E-state index in [1.54, 1.807) is 0 Å². The SMILES string of the molecule is CN=C(NCCN(C)C1CCCC1)NC1CCOc2ccccc21. The zero-order valence-electron chi connectivity index (χ0n) is 14.9. The molecule has 24 heavy (non-hydrogen) atoms. The van der Waals surface area contributed by atoms with E-state index < -0.39 is 0 Å². The third-order valence-corrected chi connectivity index (χ3v) is 5.20. The number of para-hydroxylation sites is 1. The Morgan fingerprint density at radius 3 is 2.83 bits per heavy atom. The van der Waals surface area contributed by atoms with Crippen molar-refractivity contribution in [1.29, 1.82) is 0 Å². The lowest BCUT2D eigenvalue weighted by atomic mass is 10.0. The molecule has 5 nitrogen and oxygen atoms in total. The minimum atomic E-state index is 0.258. The Labute approximate surface area is 145 Å². The minimum Gasteiger partial charge on any atom is -0.493 e. The molecule has 2 N–H and O–H groups in total. The number of ether oxygens (including phenoxy) is 1. The lowest BCUT2D eigenvalue weighted by Crippen LogP contribution is -2.44. The van der Waals surface area contributed by atoms with Crippen LogP contribution < -0.4 is 15.4 Å². The van der Waals surface area contributed by atoms with Gasteiger partial charge in [0.15, 0.2) is 5.96 Å². The van der Waals surface area contributed by atoms with Gasteiger partial charge in [-0.3, -0.25) is 4.99 Å². The van der Waals surface area contributed by atoms with Gasteiger partial charge in [0.2, 0.25) is 0 Å². The van der Waals surface area contributed by atoms with Crippen molar-refractivity contribution in [3.05, 3.63) is 29.8 Å². The van der Waals surface area contributed by atoms with Crippen LogP contribution in [0.15, 0.2) is 29.3 Å². The Kier molecular flexibility index (Phi) is 5.96. The van der Waals surface area contributed by atoms with E-state index in [0.29, 0.717) is 0 Å². The summed E-state index contributed by atoms with van der Waals surface area (Å²) < 4.78 is 5.73. The summed E-state index contributed by atoms with van der Waals surface area (Å²) in [5.74, 6) is 1.86. The molecule has 132 valence electrons. The molecule has 2 aliphatic rings. The van der Waals surface area contributed by atoms with Crippen molar-refractivity contribution in [3.63, 3.8) is 0 Å². The van der Waals surface area contributed by atoms with Gasteiger partial charge >= 0.3 is 0 Å². The zero-order valence-corrected chi connectivity index (χ0v) is 14.9. The predicted molar refractivity (Wildman–Crippen MR) is 98.7 cm³/mol. The van der Waals surface area contributed by atoms with E-state index in [4.69, 9.17) is 4.74 Å². The van der Waals surface area contributed by atoms with E-state index in [1.165, 1.54) is 31.2 Å². The van der Waals surface area contributed by atoms with Crippen LogP contribution in [-0.2, 0) is 0 Å². The van der Waals surface area contributed by atoms with Crippen LogP contribution in [0.5, 0.6) is 5.75 Å². The van der Waals surface area contributed by atoms with Crippen molar-refractivity contribution in [2.24, 2.45) is 4.99 Å². The fraction of sp³-hybridized carbons (Fsp3) is 0.632. The van der Waals surface area contributed by atoms with Crippen LogP contribution in [0.25, 0.3) is 0 Å². The molecule has 0 amide bonds. The van der Waals surface area contributed by atoms with E-state index >= 15 is 0 Å². The number of fused-ring (bicyclic) bond motifs is 1. The van der Waals surface area contributed by atoms with Crippen LogP contribution in [0, 0.1) is 0 Å². The van der Waals surface area contributed by atoms with E-state index in [2.05, 4.69) is 39.7 Å². The molecule has 0 bridgehead atoms. The maximum absolute atomic E-state index is 5.73. The fourth-order valence-corrected chi connectivity index (χ4v) is 3.73. The van der Waals surface area contributed by atoms with Gasteiger partial charge in [-0.15, -0.1) is 0 Å². The first-order chi connectivity index (χ1) is 11.8. The lowest BCUT2D eigenvalue weighted by molar-refractivity contribution is 0.248. The third-order valence-electron chi connectivity index (χ3n) is 5.20. The molecule has 0 spiro atoms. The second kappa shape index (κ2) is 8.38. The molecular weight excluding hydrogens is 300 g/mol. The molecule has 1 heterocycles. The number of nitrogens with one attached hydrogen (secondary N) is 2. The molecule has 1 saturated carbocycles. The smallest absolute Gasteiger partial charge is 0.191 e. The van der Waals surface area contributed by atoms with Crippen molar-refractivity contribution in [2.45, 2.75) is 44.2 Å². The molecule has 1 aliphatic heterocycles. The fourth-order valence-electron chi connectivity index (χ4n) is 3.73. The third kappa shape index (κ3) is 4.20. The number of hydrogen-bond acceptors (Lipinski definition) is 3. The maximum atomic E-state index is 5.73. The molecule has 1 aromatic carbocycles. The molecule has 0 aromatic heterocycles. The van der Waals surface area contributed by atoms with E-state index in [1.807, 2.05) is 19.2 Å². The standard InChI is InChI=1S/C19H30N4O/c1-20-19(21-12-13-23(2)15-7-3-4-8-15)22-17-11-14-24-18-10-6-5-9-16(17)18/h5-6,9-10,15,17H,3-4,7-8,11-14H2,1-2H3,(H2,20,21,22). The summed E-state index contributed by atoms with van der Waals surface area (Å²) in [6, 6.07) is 9.28. The molecule has 5 heteroatoms. The lowest BCUT2D eigenvalue weighted by Gasteiger charge is -2.28. The largest absolute Gasteiger partial charge is 0.493 e. The quantitative estimate of drug-likeness (QED) is 0.643. The molecule has 1 fully saturated rings. The van der Waals surface area contributed by atoms with E-state index in [0.717, 1.165) is 43.9 Å². The normalized spacial score (nSPS) is 21.5. The van der Waals surface area contributed by atoms with Crippen molar-refractivity contribution in [1.82, 2.24) is 15.5 Å². The number of benzene rings is 1. The highest BCUT2D eigenvalue weighted by molar-refractivity contribution is 5.80. The van der Waals surface area contributed by atoms with Crippen molar-refractivity contribution in [3.8, 4) is 5.75 Å². The summed E-state index contributed by atoms with van der Waals surface area (Å²) in [5.41, 5.74) is 1.22. The number of nitrogens with zero attached hydrogens (tertiary/aromatic N) is 2. The van der Waals surface area contributed by atoms with Crippen LogP contribution >= 0.6 is 0 Å². The van der Waals surface area contributed by atoms with Gasteiger partial charge in [-0.1, -0.05) is 31.0 Å². The molecular formula is C19H30N4O. The van der Waals surface area contributed by atoms with Crippen LogP contribution in [0.2, 0.25) is 0 Å². The predicted octanol–water partition coefficient (Wildman–Crippen LogP) is 2.55. The Balaban J connectivity index is 1.49. The Morgan fingerprint density at radius 1 is 1.25 bits per heavy atom. The second-order valence-electron chi connectivity index (χ2n) is 6.79. The van der Waals surface area contributed by atoms with Crippen LogP contribution in [-0.4, -0.2) is 50.7 Å². The number of hydrogen-bond donors (Lipinski definition) is 2. The molecule has 1 aliphatic carbocycles. The molecule has 0 radical (unpaired) electrons. The van der Waals surface area contributed by atoms with Crippen molar-refractivity contribution >= 4 is 5.96 Å². The van der Waals surface area contributed by atoms with Gasteiger partial charge in [0, 0.05) is 38.2 Å². The molecule has 1 aromatic rings. The first-order valence-electron chi connectivity index (χ1n) is 9.17. The highest BCUT2D eigenvalue weighted by Crippen LogP contribution is 2.31. The minimum absolute atomic E-state index is 0.258. The first-order valence-corrected chi connectivity index (χ1v) is 9.17. The van der Waals surface area contributed by atoms with Gasteiger partial charge in [0.05, 0.1) is 12.6 Å². The average molecular weight is 330 g/mol. The Hall–Kier alpha value is -1.75. The molecule has 3 rings (SSSR count). The monoisotopic (exact) mass is 330 g/mol. The molecule has 1 unspecified atom stereocenters. The average Bonchev–Trinajstić information content (AvgIpc) is 3.15. The summed E-state index contributed by atoms with van der Waals surface area (Å²) in [5, 5.41) is 7.00. The van der Waals surface area contributed by atoms with Crippen molar-refractivity contribution < 1.29 is 4.74 Å². The van der Waals surface area contributed by atoms with Crippen LogP contribution in [0.4, 0.5) is 0 Å². The number of guanidine groups is 1. The van der Waals surface area contributed by atoms with Gasteiger partial charge in [-0.25, -0.2) is 0 Å². The highest BCUT2D eigenvalue weighted by atomic mass is 16.5. The Morgan fingerprint density at radius 2 is 2.04 bits per heavy atom. The van der Waals surface area contributed by atoms with E-state index in [9.17, 15) is 0 Å². The summed E-state index contributed by atoms with van der Waals surface area (Å²) in [6.07, 6.45) is 6.42. The van der Waals surface area contributed by atoms with Gasteiger partial charge in [0.25, 0.3) is 0 Å². The summed E-state index contributed by atoms with van der Waals surface area (Å²) in [4.78, 5) is 6.87. The van der Waals surface area contributed by atoms with Gasteiger partial charge in [-0.2, -0.15) is 0 Å². The number of likely N-dealkylation sites (N-methyl/N-ethyl adjacent to an activating group) is 1. The Bertz CT molecular complexity index is 554. The van der Waals surface area contributed by atoms with Gasteiger partial charge in [-0.05, 0) is 26.0 Å². The van der Waals surface area contributed by atoms with Crippen molar-refractivity contribution in [2.75, 3.05) is 33.8 Å². The van der Waals surface area contributed by atoms with E-state index in [-0.39, 0.29) is 6.04 Å². The topological polar surface area (TPSA) is 48.9 Å². The second-order valence-corrected chi connectivity index (χ2v) is 6.79. The maximum Gasteiger partial charge on any atom is 0.191 e. The van der Waals surface area contributed by atoms with Gasteiger partial charge < -0.3 is 20.3 Å². The highest BCUT2D eigenvalue weighted by Gasteiger charge is 2.22. The number of rotatable bonds is 5. The summed E-state index contributed by atoms with van der Waals surface area (Å²) in [7, 11) is 4.07. The molecule has 0 saturated heterocycles. The van der Waals surface area contributed by atoms with Crippen LogP contribution in [0.1, 0.15) is 43.7 Å². The van der Waals surface area contributed by atoms with Crippen LogP contribution in [0.3, 0.4) is 0 Å². The summed E-state index contributed by atoms with van der Waals surface area (Å²) in [6.45, 7) is 2.71.